The number of anilines is 1. The molecule has 1 aliphatic heterocycles. The van der Waals surface area contributed by atoms with Crippen LogP contribution >= 0.6 is 23.4 Å². The fourth-order valence-corrected chi connectivity index (χ4v) is 5.22. The number of carbonyl (C=O) groups is 1. The smallest absolute Gasteiger partial charge is 0.227 e. The summed E-state index contributed by atoms with van der Waals surface area (Å²) in [6.45, 7) is 6.47. The van der Waals surface area contributed by atoms with Gasteiger partial charge in [-0.05, 0) is 24.3 Å². The Labute approximate surface area is 181 Å². The van der Waals surface area contributed by atoms with Gasteiger partial charge in [0.15, 0.2) is 5.78 Å². The SMILES string of the molecule is CCCCCSc1nc2n(n1)C(c1ccccc1Cl)C1=C(CC(C)(C)CC1=O)N2. The zero-order valence-electron chi connectivity index (χ0n) is 17.2. The Morgan fingerprint density at radius 2 is 2.07 bits per heavy atom. The van der Waals surface area contributed by atoms with E-state index in [2.05, 4.69) is 26.1 Å². The van der Waals surface area contributed by atoms with E-state index < -0.39 is 0 Å². The van der Waals surface area contributed by atoms with Crippen molar-refractivity contribution in [3.05, 3.63) is 46.1 Å². The number of fused-ring (bicyclic) bond motifs is 1. The summed E-state index contributed by atoms with van der Waals surface area (Å²) in [5.74, 6) is 1.84. The van der Waals surface area contributed by atoms with Gasteiger partial charge in [-0.25, -0.2) is 4.68 Å². The van der Waals surface area contributed by atoms with Crippen LogP contribution in [0.4, 0.5) is 5.95 Å². The molecule has 1 aromatic carbocycles. The molecule has 4 rings (SSSR count). The molecule has 154 valence electrons. The highest BCUT2D eigenvalue weighted by Gasteiger charge is 2.42. The van der Waals surface area contributed by atoms with Crippen molar-refractivity contribution in [2.75, 3.05) is 11.1 Å². The second-order valence-electron chi connectivity index (χ2n) is 8.60. The predicted octanol–water partition coefficient (Wildman–Crippen LogP) is 5.87. The van der Waals surface area contributed by atoms with E-state index in [1.54, 1.807) is 11.8 Å². The summed E-state index contributed by atoms with van der Waals surface area (Å²) < 4.78 is 1.85. The van der Waals surface area contributed by atoms with Crippen molar-refractivity contribution in [3.63, 3.8) is 0 Å². The Bertz CT molecular complexity index is 965. The number of ketones is 1. The number of Topliss-reactive ketones (excluding diaryl/α,β-unsaturated/α-hetero) is 1. The molecule has 2 aliphatic rings. The molecular weight excluding hydrogens is 404 g/mol. The van der Waals surface area contributed by atoms with Crippen LogP contribution in [0.1, 0.15) is 64.5 Å². The van der Waals surface area contributed by atoms with Gasteiger partial charge < -0.3 is 5.32 Å². The molecule has 0 fully saturated rings. The molecule has 2 heterocycles. The number of benzene rings is 1. The summed E-state index contributed by atoms with van der Waals surface area (Å²) in [4.78, 5) is 17.9. The summed E-state index contributed by atoms with van der Waals surface area (Å²) in [6, 6.07) is 7.38. The molecule has 7 heteroatoms. The van der Waals surface area contributed by atoms with Crippen molar-refractivity contribution in [1.82, 2.24) is 14.8 Å². The maximum atomic E-state index is 13.2. The first-order chi connectivity index (χ1) is 13.9. The van der Waals surface area contributed by atoms with Gasteiger partial charge in [-0.15, -0.1) is 5.10 Å². The van der Waals surface area contributed by atoms with Crippen molar-refractivity contribution in [2.45, 2.75) is 64.1 Å². The van der Waals surface area contributed by atoms with Crippen molar-refractivity contribution in [1.29, 1.82) is 0 Å². The van der Waals surface area contributed by atoms with Crippen LogP contribution in [0.5, 0.6) is 0 Å². The number of carbonyl (C=O) groups excluding carboxylic acids is 1. The Morgan fingerprint density at radius 3 is 2.83 bits per heavy atom. The van der Waals surface area contributed by atoms with Gasteiger partial charge in [-0.1, -0.05) is 75.2 Å². The maximum Gasteiger partial charge on any atom is 0.227 e. The number of allylic oxidation sites excluding steroid dienone is 2. The Kier molecular flexibility index (Phi) is 5.76. The Morgan fingerprint density at radius 1 is 1.28 bits per heavy atom. The van der Waals surface area contributed by atoms with Crippen LogP contribution in [0.25, 0.3) is 0 Å². The van der Waals surface area contributed by atoms with Gasteiger partial charge >= 0.3 is 0 Å². The molecule has 0 radical (unpaired) electrons. The summed E-state index contributed by atoms with van der Waals surface area (Å²) in [5, 5.41) is 9.57. The van der Waals surface area contributed by atoms with Crippen molar-refractivity contribution in [2.24, 2.45) is 5.41 Å². The first kappa shape index (κ1) is 20.5. The molecule has 1 aromatic heterocycles. The van der Waals surface area contributed by atoms with Crippen LogP contribution in [0.3, 0.4) is 0 Å². The molecule has 1 aliphatic carbocycles. The van der Waals surface area contributed by atoms with Gasteiger partial charge in [0.05, 0.1) is 0 Å². The first-order valence-electron chi connectivity index (χ1n) is 10.3. The zero-order chi connectivity index (χ0) is 20.6. The number of hydrogen-bond donors (Lipinski definition) is 1. The van der Waals surface area contributed by atoms with E-state index in [0.717, 1.165) is 40.6 Å². The van der Waals surface area contributed by atoms with Crippen LogP contribution in [-0.4, -0.2) is 26.3 Å². The number of nitrogens with one attached hydrogen (secondary N) is 1. The van der Waals surface area contributed by atoms with E-state index in [1.165, 1.54) is 12.8 Å². The molecule has 0 spiro atoms. The van der Waals surface area contributed by atoms with Gasteiger partial charge in [0.1, 0.15) is 6.04 Å². The molecule has 1 unspecified atom stereocenters. The van der Waals surface area contributed by atoms with Crippen LogP contribution in [0.15, 0.2) is 40.7 Å². The number of unbranched alkanes of at least 4 members (excludes halogenated alkanes) is 2. The van der Waals surface area contributed by atoms with Crippen molar-refractivity contribution < 1.29 is 4.79 Å². The van der Waals surface area contributed by atoms with E-state index in [-0.39, 0.29) is 17.2 Å². The lowest BCUT2D eigenvalue weighted by Crippen LogP contribution is -2.36. The summed E-state index contributed by atoms with van der Waals surface area (Å²) >= 11 is 8.23. The molecule has 0 bridgehead atoms. The second kappa shape index (κ2) is 8.15. The van der Waals surface area contributed by atoms with Gasteiger partial charge in [0.25, 0.3) is 0 Å². The molecule has 2 aromatic rings. The average Bonchev–Trinajstić information content (AvgIpc) is 3.05. The van der Waals surface area contributed by atoms with E-state index in [4.69, 9.17) is 21.7 Å². The normalized spacial score (nSPS) is 20.3. The van der Waals surface area contributed by atoms with Gasteiger partial charge in [-0.3, -0.25) is 4.79 Å². The lowest BCUT2D eigenvalue weighted by atomic mass is 9.73. The minimum Gasteiger partial charge on any atom is -0.328 e. The molecule has 0 saturated heterocycles. The van der Waals surface area contributed by atoms with E-state index in [9.17, 15) is 4.79 Å². The first-order valence-corrected chi connectivity index (χ1v) is 11.6. The Hall–Kier alpha value is -1.79. The number of halogens is 1. The molecule has 0 amide bonds. The molecule has 5 nitrogen and oxygen atoms in total. The van der Waals surface area contributed by atoms with E-state index >= 15 is 0 Å². The maximum absolute atomic E-state index is 13.2. The highest BCUT2D eigenvalue weighted by atomic mass is 35.5. The fourth-order valence-electron chi connectivity index (χ4n) is 4.15. The predicted molar refractivity (Wildman–Crippen MR) is 119 cm³/mol. The third-order valence-corrected chi connectivity index (χ3v) is 6.76. The third-order valence-electron chi connectivity index (χ3n) is 5.49. The summed E-state index contributed by atoms with van der Waals surface area (Å²) in [5.41, 5.74) is 2.55. The summed E-state index contributed by atoms with van der Waals surface area (Å²) in [6.07, 6.45) is 4.88. The lowest BCUT2D eigenvalue weighted by molar-refractivity contribution is -0.118. The van der Waals surface area contributed by atoms with Crippen LogP contribution < -0.4 is 5.32 Å². The molecule has 1 atom stereocenters. The third kappa shape index (κ3) is 4.10. The largest absolute Gasteiger partial charge is 0.328 e. The van der Waals surface area contributed by atoms with Gasteiger partial charge in [-0.2, -0.15) is 4.98 Å². The quantitative estimate of drug-likeness (QED) is 0.458. The standard InChI is InChI=1S/C22H27ClN4OS/c1-4-5-8-11-29-21-25-20-24-16-12-22(2,3)13-17(28)18(16)19(27(20)26-21)14-9-6-7-10-15(14)23/h6-7,9-10,19H,4-5,8,11-13H2,1-3H3,(H,24,25,26). The second-order valence-corrected chi connectivity index (χ2v) is 10.1. The molecule has 0 saturated carbocycles. The summed E-state index contributed by atoms with van der Waals surface area (Å²) in [7, 11) is 0. The van der Waals surface area contributed by atoms with E-state index in [1.807, 2.05) is 28.9 Å². The zero-order valence-corrected chi connectivity index (χ0v) is 18.7. The van der Waals surface area contributed by atoms with Crippen molar-refractivity contribution in [3.8, 4) is 0 Å². The minimum atomic E-state index is -0.337. The van der Waals surface area contributed by atoms with Crippen LogP contribution in [0.2, 0.25) is 5.02 Å². The van der Waals surface area contributed by atoms with E-state index in [0.29, 0.717) is 17.4 Å². The van der Waals surface area contributed by atoms with Gasteiger partial charge in [0.2, 0.25) is 11.1 Å². The number of thioether (sulfide) groups is 1. The number of nitrogens with zero attached hydrogens (tertiary/aromatic N) is 3. The Balaban J connectivity index is 1.75. The van der Waals surface area contributed by atoms with Gasteiger partial charge in [0, 0.05) is 34.0 Å². The number of rotatable bonds is 6. The highest BCUT2D eigenvalue weighted by Crippen LogP contribution is 2.46. The fraction of sp³-hybridized carbons (Fsp3) is 0.500. The molecule has 1 N–H and O–H groups in total. The number of hydrogen-bond acceptors (Lipinski definition) is 5. The monoisotopic (exact) mass is 430 g/mol. The molecular formula is C22H27ClN4OS. The highest BCUT2D eigenvalue weighted by molar-refractivity contribution is 7.99. The van der Waals surface area contributed by atoms with Crippen molar-refractivity contribution >= 4 is 35.1 Å². The van der Waals surface area contributed by atoms with Crippen LogP contribution in [0, 0.1) is 5.41 Å². The molecule has 29 heavy (non-hydrogen) atoms. The number of aromatic nitrogens is 3. The lowest BCUT2D eigenvalue weighted by Gasteiger charge is -2.38. The topological polar surface area (TPSA) is 59.8 Å². The van der Waals surface area contributed by atoms with Crippen LogP contribution in [-0.2, 0) is 4.79 Å². The average molecular weight is 431 g/mol. The minimum absolute atomic E-state index is 0.0755.